The third kappa shape index (κ3) is 4.07. The van der Waals surface area contributed by atoms with E-state index in [2.05, 4.69) is 10.3 Å². The van der Waals surface area contributed by atoms with E-state index in [1.165, 1.54) is 16.6 Å². The third-order valence-electron chi connectivity index (χ3n) is 5.05. The van der Waals surface area contributed by atoms with Gasteiger partial charge in [0, 0.05) is 30.8 Å². The minimum atomic E-state index is -3.55. The number of benzene rings is 1. The second kappa shape index (κ2) is 7.69. The molecule has 6 nitrogen and oxygen atoms in total. The van der Waals surface area contributed by atoms with Gasteiger partial charge in [-0.2, -0.15) is 16.1 Å². The highest BCUT2D eigenvalue weighted by Crippen LogP contribution is 2.41. The van der Waals surface area contributed by atoms with Gasteiger partial charge in [0.1, 0.15) is 10.6 Å². The number of aromatic nitrogens is 1. The lowest BCUT2D eigenvalue weighted by Crippen LogP contribution is -2.37. The number of nitrogens with zero attached hydrogens (tertiary/aromatic N) is 1. The monoisotopic (exact) mass is 405 g/mol. The van der Waals surface area contributed by atoms with Gasteiger partial charge >= 0.3 is 0 Å². The summed E-state index contributed by atoms with van der Waals surface area (Å²) in [6.45, 7) is 1.02. The quantitative estimate of drug-likeness (QED) is 0.774. The van der Waals surface area contributed by atoms with E-state index >= 15 is 0 Å². The first-order valence-corrected chi connectivity index (χ1v) is 11.8. The van der Waals surface area contributed by atoms with Crippen molar-refractivity contribution in [3.63, 3.8) is 0 Å². The van der Waals surface area contributed by atoms with Gasteiger partial charge < -0.3 is 10.3 Å². The second-order valence-electron chi connectivity index (χ2n) is 6.96. The average Bonchev–Trinajstić information content (AvgIpc) is 3.41. The van der Waals surface area contributed by atoms with Gasteiger partial charge in [-0.15, -0.1) is 0 Å². The molecule has 0 radical (unpaired) electrons. The maximum Gasteiger partial charge on any atom is 0.268 e. The molecule has 1 saturated heterocycles. The molecule has 2 fully saturated rings. The number of hydrogen-bond donors (Lipinski definition) is 2. The standard InChI is InChI=1S/C19H23N3O3S2/c23-19(21-18(15-6-7-15)14-4-2-1-3-5-14)17-12-16(13-20-17)27(24,25)22-8-10-26-11-9-22/h1-5,12-13,15,18,20H,6-11H2,(H,21,23). The van der Waals surface area contributed by atoms with E-state index < -0.39 is 10.0 Å². The summed E-state index contributed by atoms with van der Waals surface area (Å²) in [6, 6.07) is 11.3. The number of aromatic amines is 1. The summed E-state index contributed by atoms with van der Waals surface area (Å²) in [5.41, 5.74) is 1.36. The highest BCUT2D eigenvalue weighted by Gasteiger charge is 2.34. The normalized spacial score (nSPS) is 19.6. The van der Waals surface area contributed by atoms with E-state index in [-0.39, 0.29) is 22.5 Å². The van der Waals surface area contributed by atoms with E-state index in [1.807, 2.05) is 30.3 Å². The Hall–Kier alpha value is -1.77. The van der Waals surface area contributed by atoms with Crippen LogP contribution in [0.4, 0.5) is 0 Å². The fraction of sp³-hybridized carbons (Fsp3) is 0.421. The Morgan fingerprint density at radius 2 is 1.89 bits per heavy atom. The summed E-state index contributed by atoms with van der Waals surface area (Å²) in [7, 11) is -3.55. The number of rotatable bonds is 6. The molecular weight excluding hydrogens is 382 g/mol. The second-order valence-corrected chi connectivity index (χ2v) is 10.1. The molecule has 1 unspecified atom stereocenters. The summed E-state index contributed by atoms with van der Waals surface area (Å²) in [5, 5.41) is 3.07. The van der Waals surface area contributed by atoms with Crippen LogP contribution in [0.15, 0.2) is 47.5 Å². The van der Waals surface area contributed by atoms with Gasteiger partial charge in [0.05, 0.1) is 6.04 Å². The lowest BCUT2D eigenvalue weighted by atomic mass is 10.0. The van der Waals surface area contributed by atoms with Crippen LogP contribution >= 0.6 is 11.8 Å². The number of carbonyl (C=O) groups excluding carboxylic acids is 1. The molecule has 1 aromatic carbocycles. The lowest BCUT2D eigenvalue weighted by molar-refractivity contribution is 0.0927. The first kappa shape index (κ1) is 18.6. The van der Waals surface area contributed by atoms with Gasteiger partial charge in [-0.3, -0.25) is 4.79 Å². The molecule has 2 aromatic rings. The first-order valence-electron chi connectivity index (χ1n) is 9.18. The van der Waals surface area contributed by atoms with Crippen molar-refractivity contribution in [1.29, 1.82) is 0 Å². The first-order chi connectivity index (χ1) is 13.1. The van der Waals surface area contributed by atoms with Crippen LogP contribution in [0, 0.1) is 5.92 Å². The highest BCUT2D eigenvalue weighted by molar-refractivity contribution is 7.99. The van der Waals surface area contributed by atoms with Gasteiger partial charge in [0.15, 0.2) is 0 Å². The molecule has 1 aromatic heterocycles. The van der Waals surface area contributed by atoms with Crippen molar-refractivity contribution in [2.24, 2.45) is 5.92 Å². The zero-order valence-corrected chi connectivity index (χ0v) is 16.6. The van der Waals surface area contributed by atoms with E-state index in [4.69, 9.17) is 0 Å². The Balaban J connectivity index is 1.50. The van der Waals surface area contributed by atoms with Crippen molar-refractivity contribution in [2.45, 2.75) is 23.8 Å². The van der Waals surface area contributed by atoms with Crippen molar-refractivity contribution in [1.82, 2.24) is 14.6 Å². The molecule has 4 rings (SSSR count). The molecule has 1 amide bonds. The molecule has 2 aliphatic rings. The van der Waals surface area contributed by atoms with Crippen LogP contribution in [-0.2, 0) is 10.0 Å². The third-order valence-corrected chi connectivity index (χ3v) is 7.87. The van der Waals surface area contributed by atoms with Crippen LogP contribution in [0.5, 0.6) is 0 Å². The molecule has 1 aliphatic heterocycles. The van der Waals surface area contributed by atoms with E-state index in [1.54, 1.807) is 11.8 Å². The number of hydrogen-bond acceptors (Lipinski definition) is 4. The number of nitrogens with one attached hydrogen (secondary N) is 2. The van der Waals surface area contributed by atoms with E-state index in [0.717, 1.165) is 29.9 Å². The predicted molar refractivity (Wildman–Crippen MR) is 106 cm³/mol. The summed E-state index contributed by atoms with van der Waals surface area (Å²) in [5.74, 6) is 1.78. The Kier molecular flexibility index (Phi) is 5.29. The number of amides is 1. The Bertz CT molecular complexity index is 901. The zero-order valence-electron chi connectivity index (χ0n) is 14.9. The Morgan fingerprint density at radius 1 is 1.19 bits per heavy atom. The number of thioether (sulfide) groups is 1. The van der Waals surface area contributed by atoms with Crippen LogP contribution in [0.25, 0.3) is 0 Å². The van der Waals surface area contributed by atoms with Crippen LogP contribution in [0.3, 0.4) is 0 Å². The largest absolute Gasteiger partial charge is 0.356 e. The van der Waals surface area contributed by atoms with Crippen molar-refractivity contribution < 1.29 is 13.2 Å². The lowest BCUT2D eigenvalue weighted by Gasteiger charge is -2.24. The number of carbonyl (C=O) groups is 1. The molecule has 1 aliphatic carbocycles. The minimum absolute atomic E-state index is 0.0406. The Morgan fingerprint density at radius 3 is 2.56 bits per heavy atom. The molecule has 27 heavy (non-hydrogen) atoms. The molecule has 144 valence electrons. The Labute approximate surface area is 163 Å². The molecule has 1 atom stereocenters. The van der Waals surface area contributed by atoms with Gasteiger partial charge in [0.25, 0.3) is 5.91 Å². The predicted octanol–water partition coefficient (Wildman–Crippen LogP) is 2.63. The van der Waals surface area contributed by atoms with Gasteiger partial charge in [0.2, 0.25) is 10.0 Å². The molecule has 0 bridgehead atoms. The molecule has 1 saturated carbocycles. The highest BCUT2D eigenvalue weighted by atomic mass is 32.2. The fourth-order valence-corrected chi connectivity index (χ4v) is 5.94. The van der Waals surface area contributed by atoms with Crippen LogP contribution in [0.2, 0.25) is 0 Å². The van der Waals surface area contributed by atoms with Crippen molar-refractivity contribution in [3.8, 4) is 0 Å². The van der Waals surface area contributed by atoms with Crippen LogP contribution in [0.1, 0.15) is 34.9 Å². The summed E-state index contributed by atoms with van der Waals surface area (Å²) in [6.07, 6.45) is 3.61. The van der Waals surface area contributed by atoms with Crippen molar-refractivity contribution in [2.75, 3.05) is 24.6 Å². The van der Waals surface area contributed by atoms with E-state index in [9.17, 15) is 13.2 Å². The number of H-pyrrole nitrogens is 1. The average molecular weight is 406 g/mol. The van der Waals surface area contributed by atoms with Crippen molar-refractivity contribution >= 4 is 27.7 Å². The SMILES string of the molecule is O=C(NC(c1ccccc1)C1CC1)c1cc(S(=O)(=O)N2CCSCC2)c[nH]1. The van der Waals surface area contributed by atoms with E-state index in [0.29, 0.717) is 19.0 Å². The summed E-state index contributed by atoms with van der Waals surface area (Å²) < 4.78 is 27.0. The number of sulfonamides is 1. The molecular formula is C19H23N3O3S2. The molecule has 8 heteroatoms. The van der Waals surface area contributed by atoms with Crippen molar-refractivity contribution in [3.05, 3.63) is 53.9 Å². The maximum atomic E-state index is 12.8. The summed E-state index contributed by atoms with van der Waals surface area (Å²) in [4.78, 5) is 15.7. The van der Waals surface area contributed by atoms with Crippen LogP contribution < -0.4 is 5.32 Å². The smallest absolute Gasteiger partial charge is 0.268 e. The minimum Gasteiger partial charge on any atom is -0.356 e. The van der Waals surface area contributed by atoms with Gasteiger partial charge in [-0.1, -0.05) is 30.3 Å². The molecule has 2 N–H and O–H groups in total. The zero-order chi connectivity index (χ0) is 18.9. The van der Waals surface area contributed by atoms with Gasteiger partial charge in [-0.05, 0) is 30.4 Å². The molecule has 0 spiro atoms. The maximum absolute atomic E-state index is 12.8. The van der Waals surface area contributed by atoms with Crippen LogP contribution in [-0.4, -0.2) is 48.2 Å². The molecule has 2 heterocycles. The van der Waals surface area contributed by atoms with Gasteiger partial charge in [-0.25, -0.2) is 8.42 Å². The summed E-state index contributed by atoms with van der Waals surface area (Å²) >= 11 is 1.76. The fourth-order valence-electron chi connectivity index (χ4n) is 3.37. The topological polar surface area (TPSA) is 82.3 Å².